The van der Waals surface area contributed by atoms with Gasteiger partial charge in [-0.15, -0.1) is 0 Å². The quantitative estimate of drug-likeness (QED) is 0.546. The first-order chi connectivity index (χ1) is 6.08. The van der Waals surface area contributed by atoms with Gasteiger partial charge in [0.15, 0.2) is 0 Å². The Morgan fingerprint density at radius 1 is 1.08 bits per heavy atom. The summed E-state index contributed by atoms with van der Waals surface area (Å²) in [6, 6.07) is 10.2. The van der Waals surface area contributed by atoms with Crippen LogP contribution in [0.15, 0.2) is 30.3 Å². The zero-order valence-electron chi connectivity index (χ0n) is 8.59. The molecule has 0 atom stereocenters. The van der Waals surface area contributed by atoms with Gasteiger partial charge in [-0.3, -0.25) is 0 Å². The van der Waals surface area contributed by atoms with Crippen LogP contribution in [0.3, 0.4) is 0 Å². The monoisotopic (exact) mass is 280 g/mol. The van der Waals surface area contributed by atoms with Gasteiger partial charge in [0, 0.05) is 0 Å². The van der Waals surface area contributed by atoms with Gasteiger partial charge in [0.2, 0.25) is 0 Å². The van der Waals surface area contributed by atoms with Crippen LogP contribution in [0.25, 0.3) is 0 Å². The second kappa shape index (κ2) is 4.71. The third-order valence-corrected chi connectivity index (χ3v) is 5.16. The molecule has 13 heavy (non-hydrogen) atoms. The van der Waals surface area contributed by atoms with Crippen LogP contribution in [0, 0.1) is 11.8 Å². The fraction of sp³-hybridized carbons (Fsp3) is 0.333. The molecule has 0 heterocycles. The Labute approximate surface area is 85.2 Å². The van der Waals surface area contributed by atoms with E-state index in [-0.39, 0.29) is 0 Å². The van der Waals surface area contributed by atoms with E-state index in [4.69, 9.17) is 0 Å². The number of hydrogen-bond acceptors (Lipinski definition) is 0. The molecule has 0 saturated carbocycles. The summed E-state index contributed by atoms with van der Waals surface area (Å²) >= 11 is -1.65. The molecule has 0 saturated heterocycles. The number of hydrogen-bond donors (Lipinski definition) is 0. The molecule has 0 aliphatic rings. The van der Waals surface area contributed by atoms with Gasteiger partial charge in [-0.25, -0.2) is 0 Å². The van der Waals surface area contributed by atoms with Gasteiger partial charge >= 0.3 is 85.4 Å². The Hall–Kier alpha value is -0.421. The van der Waals surface area contributed by atoms with Crippen LogP contribution in [0.2, 0.25) is 19.3 Å². The molecule has 0 nitrogen and oxygen atoms in total. The summed E-state index contributed by atoms with van der Waals surface area (Å²) in [5.41, 5.74) is 1.14. The molecule has 0 aliphatic carbocycles. The molecule has 0 bridgehead atoms. The summed E-state index contributed by atoms with van der Waals surface area (Å²) in [5, 5.41) is 0. The Balaban J connectivity index is 2.59. The van der Waals surface area contributed by atoms with Crippen LogP contribution >= 0.6 is 0 Å². The fourth-order valence-electron chi connectivity index (χ4n) is 0.933. The molecular weight excluding hydrogens is 263 g/mol. The van der Waals surface area contributed by atoms with Gasteiger partial charge in [-0.05, 0) is 0 Å². The molecule has 1 heteroatoms. The molecule has 0 unspecified atom stereocenters. The molecule has 0 radical (unpaired) electrons. The van der Waals surface area contributed by atoms with E-state index in [1.54, 1.807) is 0 Å². The zero-order valence-corrected chi connectivity index (χ0v) is 11.4. The van der Waals surface area contributed by atoms with Gasteiger partial charge in [0.25, 0.3) is 0 Å². The van der Waals surface area contributed by atoms with Crippen molar-refractivity contribution in [3.63, 3.8) is 0 Å². The van der Waals surface area contributed by atoms with Crippen LogP contribution in [-0.4, -0.2) is 18.4 Å². The summed E-state index contributed by atoms with van der Waals surface area (Å²) in [5.74, 6) is 6.49. The molecule has 0 amide bonds. The molecule has 68 valence electrons. The van der Waals surface area contributed by atoms with E-state index in [0.717, 1.165) is 10.0 Å². The first-order valence-electron chi connectivity index (χ1n) is 4.62. The van der Waals surface area contributed by atoms with E-state index in [1.807, 2.05) is 18.2 Å². The number of rotatable bonds is 1. The van der Waals surface area contributed by atoms with E-state index in [1.165, 1.54) is 0 Å². The van der Waals surface area contributed by atoms with E-state index < -0.39 is 18.4 Å². The van der Waals surface area contributed by atoms with Crippen molar-refractivity contribution in [3.05, 3.63) is 35.9 Å². The van der Waals surface area contributed by atoms with Crippen molar-refractivity contribution in [2.24, 2.45) is 0 Å². The Kier molecular flexibility index (Phi) is 3.87. The first kappa shape index (κ1) is 10.7. The minimum atomic E-state index is -1.65. The second-order valence-electron chi connectivity index (χ2n) is 4.41. The summed E-state index contributed by atoms with van der Waals surface area (Å²) in [7, 11) is 0. The zero-order chi connectivity index (χ0) is 9.73. The van der Waals surface area contributed by atoms with E-state index in [9.17, 15) is 0 Å². The van der Waals surface area contributed by atoms with E-state index in [0.29, 0.717) is 0 Å². The molecular formula is C12H16Sn. The molecule has 1 aromatic rings. The normalized spacial score (nSPS) is 10.4. The Bertz CT molecular complexity index is 308. The summed E-state index contributed by atoms with van der Waals surface area (Å²) in [6.45, 7) is 0. The van der Waals surface area contributed by atoms with Gasteiger partial charge in [0.1, 0.15) is 0 Å². The topological polar surface area (TPSA) is 0 Å². The maximum absolute atomic E-state index is 3.28. The average Bonchev–Trinajstić information content (AvgIpc) is 2.04. The van der Waals surface area contributed by atoms with Crippen molar-refractivity contribution in [3.8, 4) is 11.8 Å². The molecule has 0 fully saturated rings. The van der Waals surface area contributed by atoms with Crippen molar-refractivity contribution in [2.75, 3.05) is 0 Å². The van der Waals surface area contributed by atoms with Crippen molar-refractivity contribution < 1.29 is 0 Å². The van der Waals surface area contributed by atoms with Crippen molar-refractivity contribution >= 4 is 18.4 Å². The fourth-order valence-corrected chi connectivity index (χ4v) is 2.70. The van der Waals surface area contributed by atoms with Crippen LogP contribution in [0.4, 0.5) is 0 Å². The third kappa shape index (κ3) is 5.00. The van der Waals surface area contributed by atoms with Gasteiger partial charge < -0.3 is 0 Å². The molecule has 0 spiro atoms. The van der Waals surface area contributed by atoms with Crippen LogP contribution in [0.1, 0.15) is 5.56 Å². The van der Waals surface area contributed by atoms with E-state index >= 15 is 0 Å². The van der Waals surface area contributed by atoms with Gasteiger partial charge in [-0.2, -0.15) is 0 Å². The molecule has 1 aromatic carbocycles. The third-order valence-electron chi connectivity index (χ3n) is 1.63. The molecule has 1 rings (SSSR count). The predicted molar refractivity (Wildman–Crippen MR) is 61.5 cm³/mol. The van der Waals surface area contributed by atoms with Crippen molar-refractivity contribution in [2.45, 2.75) is 19.3 Å². The molecule has 0 aromatic heterocycles. The minimum absolute atomic E-state index is 1.14. The van der Waals surface area contributed by atoms with Gasteiger partial charge in [-0.1, -0.05) is 0 Å². The van der Waals surface area contributed by atoms with Crippen LogP contribution in [0.5, 0.6) is 0 Å². The van der Waals surface area contributed by atoms with Crippen molar-refractivity contribution in [1.82, 2.24) is 0 Å². The average molecular weight is 279 g/mol. The number of benzene rings is 1. The second-order valence-corrected chi connectivity index (χ2v) is 20.0. The Morgan fingerprint density at radius 3 is 2.23 bits per heavy atom. The van der Waals surface area contributed by atoms with Crippen LogP contribution in [-0.2, 0) is 0 Å². The molecule has 0 N–H and O–H groups in total. The maximum atomic E-state index is 3.28. The first-order valence-corrected chi connectivity index (χ1v) is 15.2. The summed E-state index contributed by atoms with van der Waals surface area (Å²) in [6.07, 6.45) is 0. The SMILES string of the molecule is [CH3][Sn]([CH3])([CH3])[CH2]C#Cc1ccccc1. The van der Waals surface area contributed by atoms with Crippen LogP contribution < -0.4 is 0 Å². The summed E-state index contributed by atoms with van der Waals surface area (Å²) < 4.78 is 1.16. The predicted octanol–water partition coefficient (Wildman–Crippen LogP) is 3.38. The Morgan fingerprint density at radius 2 is 1.69 bits per heavy atom. The molecule has 0 aliphatic heterocycles. The van der Waals surface area contributed by atoms with Crippen molar-refractivity contribution in [1.29, 1.82) is 0 Å². The van der Waals surface area contributed by atoms with Gasteiger partial charge in [0.05, 0.1) is 0 Å². The van der Waals surface area contributed by atoms with E-state index in [2.05, 4.69) is 38.8 Å². The summed E-state index contributed by atoms with van der Waals surface area (Å²) in [4.78, 5) is 7.23. The standard InChI is InChI=1S/C9H7.3CH3.Sn/c1-2-6-9-7-4-3-5-8-9;;;;/h3-5,7-8H,1H2;3*1H3;.